The van der Waals surface area contributed by atoms with Crippen LogP contribution in [-0.4, -0.2) is 16.1 Å². The van der Waals surface area contributed by atoms with Crippen molar-refractivity contribution in [3.63, 3.8) is 0 Å². The number of rotatable bonds is 2. The van der Waals surface area contributed by atoms with Crippen molar-refractivity contribution in [1.29, 1.82) is 0 Å². The normalized spacial score (nSPS) is 10.3. The van der Waals surface area contributed by atoms with Gasteiger partial charge in [-0.1, -0.05) is 0 Å². The van der Waals surface area contributed by atoms with Gasteiger partial charge >= 0.3 is 6.01 Å². The molecular weight excluding hydrogens is 161 g/mol. The average Bonchev–Trinajstić information content (AvgIpc) is 1.96. The fourth-order valence-corrected chi connectivity index (χ4v) is 0.631. The first-order valence-corrected chi connectivity index (χ1v) is 3.54. The third-order valence-electron chi connectivity index (χ3n) is 1.09. The lowest BCUT2D eigenvalue weighted by Crippen LogP contribution is -2.09. The summed E-state index contributed by atoms with van der Waals surface area (Å²) in [7, 11) is 0. The van der Waals surface area contributed by atoms with Crippen molar-refractivity contribution in [2.75, 3.05) is 5.73 Å². The van der Waals surface area contributed by atoms with Gasteiger partial charge in [0.2, 0.25) is 0 Å². The summed E-state index contributed by atoms with van der Waals surface area (Å²) in [4.78, 5) is 7.17. The first kappa shape index (κ1) is 8.70. The van der Waals surface area contributed by atoms with Gasteiger partial charge in [0.25, 0.3) is 0 Å². The minimum absolute atomic E-state index is 0.0464. The highest BCUT2D eigenvalue weighted by Gasteiger charge is 2.04. The quantitative estimate of drug-likeness (QED) is 0.720. The molecule has 0 bridgehead atoms. The van der Waals surface area contributed by atoms with Gasteiger partial charge in [0, 0.05) is 0 Å². The van der Waals surface area contributed by atoms with Crippen LogP contribution in [-0.2, 0) is 0 Å². The first-order chi connectivity index (χ1) is 5.59. The van der Waals surface area contributed by atoms with Crippen molar-refractivity contribution in [2.45, 2.75) is 20.0 Å². The second kappa shape index (κ2) is 3.34. The van der Waals surface area contributed by atoms with Gasteiger partial charge in [0.15, 0.2) is 11.6 Å². The summed E-state index contributed by atoms with van der Waals surface area (Å²) in [6.45, 7) is 3.64. The van der Waals surface area contributed by atoms with Crippen molar-refractivity contribution >= 4 is 5.82 Å². The molecule has 0 aromatic carbocycles. The fourth-order valence-electron chi connectivity index (χ4n) is 0.631. The maximum absolute atomic E-state index is 12.5. The maximum atomic E-state index is 12.5. The molecule has 0 aliphatic carbocycles. The van der Waals surface area contributed by atoms with Crippen molar-refractivity contribution < 1.29 is 9.13 Å². The lowest BCUT2D eigenvalue weighted by atomic mass is 10.5. The Morgan fingerprint density at radius 3 is 2.75 bits per heavy atom. The first-order valence-electron chi connectivity index (χ1n) is 3.54. The van der Waals surface area contributed by atoms with Crippen LogP contribution in [0.3, 0.4) is 0 Å². The molecule has 0 radical (unpaired) electrons. The van der Waals surface area contributed by atoms with E-state index >= 15 is 0 Å². The number of nitrogen functional groups attached to an aromatic ring is 1. The molecule has 1 aromatic rings. The van der Waals surface area contributed by atoms with Crippen molar-refractivity contribution in [2.24, 2.45) is 0 Å². The van der Waals surface area contributed by atoms with E-state index in [1.807, 2.05) is 13.8 Å². The van der Waals surface area contributed by atoms with Gasteiger partial charge in [0.1, 0.15) is 0 Å². The van der Waals surface area contributed by atoms with Crippen LogP contribution < -0.4 is 10.5 Å². The Bertz CT molecular complexity index is 277. The summed E-state index contributed by atoms with van der Waals surface area (Å²) in [5, 5.41) is 0. The van der Waals surface area contributed by atoms with Crippen LogP contribution in [0.2, 0.25) is 0 Å². The highest BCUT2D eigenvalue weighted by Crippen LogP contribution is 2.10. The molecule has 0 atom stereocenters. The van der Waals surface area contributed by atoms with Crippen molar-refractivity contribution in [1.82, 2.24) is 9.97 Å². The number of hydrogen-bond acceptors (Lipinski definition) is 4. The molecule has 66 valence electrons. The monoisotopic (exact) mass is 171 g/mol. The second-order valence-corrected chi connectivity index (χ2v) is 2.55. The van der Waals surface area contributed by atoms with E-state index in [4.69, 9.17) is 10.5 Å². The minimum Gasteiger partial charge on any atom is -0.461 e. The minimum atomic E-state index is -0.633. The number of nitrogens with two attached hydrogens (primary N) is 1. The summed E-state index contributed by atoms with van der Waals surface area (Å²) in [6, 6.07) is 0.101. The molecule has 0 aliphatic heterocycles. The van der Waals surface area contributed by atoms with Crippen LogP contribution in [0, 0.1) is 5.82 Å². The van der Waals surface area contributed by atoms with Crippen LogP contribution in [0.25, 0.3) is 0 Å². The van der Waals surface area contributed by atoms with E-state index in [1.54, 1.807) is 0 Å². The van der Waals surface area contributed by atoms with Crippen LogP contribution in [0.15, 0.2) is 6.20 Å². The Morgan fingerprint density at radius 2 is 2.25 bits per heavy atom. The Labute approximate surface area is 69.6 Å². The molecule has 0 unspecified atom stereocenters. The molecule has 0 aliphatic rings. The zero-order chi connectivity index (χ0) is 9.14. The van der Waals surface area contributed by atoms with Gasteiger partial charge in [-0.15, -0.1) is 0 Å². The molecular formula is C7H10FN3O. The van der Waals surface area contributed by atoms with Crippen molar-refractivity contribution in [3.05, 3.63) is 12.0 Å². The van der Waals surface area contributed by atoms with E-state index in [2.05, 4.69) is 9.97 Å². The van der Waals surface area contributed by atoms with E-state index < -0.39 is 5.82 Å². The SMILES string of the molecule is CC(C)Oc1ncc(F)c(N)n1. The molecule has 0 spiro atoms. The standard InChI is InChI=1S/C7H10FN3O/c1-4(2)12-7-10-3-5(8)6(9)11-7/h3-4H,1-2H3,(H2,9,10,11). The van der Waals surface area contributed by atoms with Gasteiger partial charge in [0.05, 0.1) is 12.3 Å². The predicted molar refractivity (Wildman–Crippen MR) is 42.2 cm³/mol. The van der Waals surface area contributed by atoms with Gasteiger partial charge < -0.3 is 10.5 Å². The molecule has 0 amide bonds. The predicted octanol–water partition coefficient (Wildman–Crippen LogP) is 0.985. The molecule has 12 heavy (non-hydrogen) atoms. The lowest BCUT2D eigenvalue weighted by molar-refractivity contribution is 0.221. The number of nitrogens with zero attached hydrogens (tertiary/aromatic N) is 2. The highest BCUT2D eigenvalue weighted by atomic mass is 19.1. The van der Waals surface area contributed by atoms with E-state index in [-0.39, 0.29) is 17.9 Å². The summed E-state index contributed by atoms with van der Waals surface area (Å²) in [6.07, 6.45) is 0.940. The molecule has 0 saturated heterocycles. The number of anilines is 1. The summed E-state index contributed by atoms with van der Waals surface area (Å²) < 4.78 is 17.6. The van der Waals surface area contributed by atoms with E-state index in [0.29, 0.717) is 0 Å². The van der Waals surface area contributed by atoms with Crippen LogP contribution >= 0.6 is 0 Å². The zero-order valence-corrected chi connectivity index (χ0v) is 6.91. The molecule has 2 N–H and O–H groups in total. The molecule has 0 saturated carbocycles. The Hall–Kier alpha value is -1.39. The topological polar surface area (TPSA) is 61.0 Å². The van der Waals surface area contributed by atoms with Gasteiger partial charge in [-0.25, -0.2) is 9.37 Å². The van der Waals surface area contributed by atoms with Crippen molar-refractivity contribution in [3.8, 4) is 6.01 Å². The van der Waals surface area contributed by atoms with Gasteiger partial charge in [-0.05, 0) is 13.8 Å². The highest BCUT2D eigenvalue weighted by molar-refractivity contribution is 5.29. The van der Waals surface area contributed by atoms with E-state index in [1.165, 1.54) is 0 Å². The third kappa shape index (κ3) is 2.05. The van der Waals surface area contributed by atoms with E-state index in [0.717, 1.165) is 6.20 Å². The molecule has 0 fully saturated rings. The summed E-state index contributed by atoms with van der Waals surface area (Å²) in [5.74, 6) is -0.827. The molecule has 5 heteroatoms. The van der Waals surface area contributed by atoms with Gasteiger partial charge in [-0.2, -0.15) is 4.98 Å². The largest absolute Gasteiger partial charge is 0.461 e. The summed E-state index contributed by atoms with van der Waals surface area (Å²) >= 11 is 0. The third-order valence-corrected chi connectivity index (χ3v) is 1.09. The number of aromatic nitrogens is 2. The Morgan fingerprint density at radius 1 is 1.58 bits per heavy atom. The van der Waals surface area contributed by atoms with E-state index in [9.17, 15) is 4.39 Å². The smallest absolute Gasteiger partial charge is 0.318 e. The number of ether oxygens (including phenoxy) is 1. The Balaban J connectivity index is 2.82. The van der Waals surface area contributed by atoms with Crippen LogP contribution in [0.4, 0.5) is 10.2 Å². The van der Waals surface area contributed by atoms with Crippen LogP contribution in [0.5, 0.6) is 6.01 Å². The Kier molecular flexibility index (Phi) is 2.42. The second-order valence-electron chi connectivity index (χ2n) is 2.55. The summed E-state index contributed by atoms with van der Waals surface area (Å²) in [5.41, 5.74) is 5.19. The molecule has 1 aromatic heterocycles. The number of hydrogen-bond donors (Lipinski definition) is 1. The zero-order valence-electron chi connectivity index (χ0n) is 6.91. The average molecular weight is 171 g/mol. The molecule has 1 heterocycles. The fraction of sp³-hybridized carbons (Fsp3) is 0.429. The van der Waals surface area contributed by atoms with Gasteiger partial charge in [-0.3, -0.25) is 0 Å². The van der Waals surface area contributed by atoms with Crippen LogP contribution in [0.1, 0.15) is 13.8 Å². The maximum Gasteiger partial charge on any atom is 0.318 e. The molecule has 1 rings (SSSR count). The lowest BCUT2D eigenvalue weighted by Gasteiger charge is -2.06. The molecule has 4 nitrogen and oxygen atoms in total. The number of halogens is 1.